The Morgan fingerprint density at radius 1 is 0.592 bits per heavy atom. The summed E-state index contributed by atoms with van der Waals surface area (Å²) in [6.45, 7) is 15.8. The molecule has 3 N–H and O–H groups in total. The number of ether oxygens (including phenoxy) is 2. The molecule has 8 rings (SSSR count). The van der Waals surface area contributed by atoms with Crippen molar-refractivity contribution in [1.82, 2.24) is 9.97 Å². The van der Waals surface area contributed by atoms with Crippen LogP contribution < -0.4 is 30.3 Å². The summed E-state index contributed by atoms with van der Waals surface area (Å²) in [4.78, 5) is 56.9. The van der Waals surface area contributed by atoms with Gasteiger partial charge in [-0.3, -0.25) is 19.2 Å². The zero-order chi connectivity index (χ0) is 51.5. The van der Waals surface area contributed by atoms with Gasteiger partial charge in [-0.15, -0.1) is 0 Å². The lowest BCUT2D eigenvalue weighted by Crippen LogP contribution is -2.28. The van der Waals surface area contributed by atoms with Crippen LogP contribution in [0.15, 0.2) is 122 Å². The highest BCUT2D eigenvalue weighted by Gasteiger charge is 2.27. The molecule has 0 saturated carbocycles. The van der Waals surface area contributed by atoms with E-state index in [1.165, 1.54) is 46.6 Å². The number of rotatable bonds is 10. The number of fused-ring (bicyclic) bond motifs is 2. The third kappa shape index (κ3) is 15.5. The maximum absolute atomic E-state index is 13.1. The number of pyridine rings is 2. The fraction of sp³-hybridized carbons (Fsp3) is 0.345. The molecule has 2 aromatic heterocycles. The number of nitrogens with zero attached hydrogens (tertiary/aromatic N) is 3. The fourth-order valence-electron chi connectivity index (χ4n) is 8.35. The number of carbonyl (C=O) groups excluding carboxylic acids is 4. The van der Waals surface area contributed by atoms with E-state index in [2.05, 4.69) is 122 Å². The maximum atomic E-state index is 13.1. The van der Waals surface area contributed by atoms with E-state index in [0.717, 1.165) is 66.4 Å². The van der Waals surface area contributed by atoms with Gasteiger partial charge in [0.2, 0.25) is 23.0 Å². The lowest BCUT2D eigenvalue weighted by Gasteiger charge is -2.25. The Labute approximate surface area is 424 Å². The van der Waals surface area contributed by atoms with E-state index >= 15 is 0 Å². The van der Waals surface area contributed by atoms with Gasteiger partial charge in [0, 0.05) is 75.7 Å². The van der Waals surface area contributed by atoms with E-state index in [4.69, 9.17) is 9.47 Å². The van der Waals surface area contributed by atoms with Crippen molar-refractivity contribution < 1.29 is 28.7 Å². The lowest BCUT2D eigenvalue weighted by atomic mass is 9.83. The van der Waals surface area contributed by atoms with Crippen molar-refractivity contribution in [2.45, 2.75) is 105 Å². The molecule has 0 saturated heterocycles. The number of aromatic nitrogens is 2. The quantitative estimate of drug-likeness (QED) is 0.114. The van der Waals surface area contributed by atoms with Gasteiger partial charge in [-0.2, -0.15) is 0 Å². The molecule has 0 fully saturated rings. The first-order valence-corrected chi connectivity index (χ1v) is 24.5. The van der Waals surface area contributed by atoms with Gasteiger partial charge in [0.05, 0.1) is 0 Å². The van der Waals surface area contributed by atoms with E-state index in [1.807, 2.05) is 61.6 Å². The zero-order valence-electron chi connectivity index (χ0n) is 42.6. The van der Waals surface area contributed by atoms with Crippen molar-refractivity contribution in [2.24, 2.45) is 11.8 Å². The van der Waals surface area contributed by atoms with Gasteiger partial charge in [-0.1, -0.05) is 77.9 Å². The average molecular weight is 980 g/mol. The molecule has 71 heavy (non-hydrogen) atoms. The van der Waals surface area contributed by atoms with E-state index in [1.54, 1.807) is 31.6 Å². The van der Waals surface area contributed by atoms with Gasteiger partial charge in [-0.05, 0) is 155 Å². The van der Waals surface area contributed by atoms with E-state index in [9.17, 15) is 19.2 Å². The summed E-state index contributed by atoms with van der Waals surface area (Å²) < 4.78 is 12.1. The van der Waals surface area contributed by atoms with Gasteiger partial charge < -0.3 is 30.3 Å². The largest absolute Gasteiger partial charge is 0.457 e. The maximum Gasteiger partial charge on any atom is 0.227 e. The van der Waals surface area contributed by atoms with Crippen molar-refractivity contribution in [3.8, 4) is 23.0 Å². The minimum Gasteiger partial charge on any atom is -0.457 e. The monoisotopic (exact) mass is 978 g/mol. The highest BCUT2D eigenvalue weighted by atomic mass is 35.5. The van der Waals surface area contributed by atoms with Crippen LogP contribution >= 0.6 is 11.6 Å². The molecule has 2 aliphatic rings. The first-order valence-electron chi connectivity index (χ1n) is 24.1. The molecule has 2 atom stereocenters. The van der Waals surface area contributed by atoms with Crippen molar-refractivity contribution >= 4 is 57.6 Å². The van der Waals surface area contributed by atoms with Crippen LogP contribution in [-0.4, -0.2) is 47.0 Å². The summed E-state index contributed by atoms with van der Waals surface area (Å²) in [6, 6.07) is 35.7. The number of hydrogen-bond donors (Lipinski definition) is 3. The minimum absolute atomic E-state index is 0.0258. The molecule has 4 aromatic carbocycles. The first-order chi connectivity index (χ1) is 33.6. The van der Waals surface area contributed by atoms with Crippen LogP contribution in [0.25, 0.3) is 0 Å². The predicted octanol–water partition coefficient (Wildman–Crippen LogP) is 12.6. The van der Waals surface area contributed by atoms with Crippen LogP contribution in [0.4, 0.5) is 23.0 Å². The van der Waals surface area contributed by atoms with Gasteiger partial charge in [0.25, 0.3) is 0 Å². The number of aryl methyl sites for hydroxylation is 2. The molecule has 0 aliphatic heterocycles. The second-order valence-electron chi connectivity index (χ2n) is 20.1. The Morgan fingerprint density at radius 3 is 1.46 bits per heavy atom. The second kappa shape index (κ2) is 23.7. The molecule has 0 radical (unpaired) electrons. The summed E-state index contributed by atoms with van der Waals surface area (Å²) in [5.41, 5.74) is 9.04. The first kappa shape index (κ1) is 53.3. The Bertz CT molecular complexity index is 2850. The second-order valence-corrected chi connectivity index (χ2v) is 20.6. The third-order valence-corrected chi connectivity index (χ3v) is 12.5. The van der Waals surface area contributed by atoms with Crippen LogP contribution in [0.5, 0.6) is 23.0 Å². The average Bonchev–Trinajstić information content (AvgIpc) is 3.33. The van der Waals surface area contributed by atoms with Crippen molar-refractivity contribution in [3.63, 3.8) is 0 Å². The molecule has 2 heterocycles. The van der Waals surface area contributed by atoms with E-state index in [0.29, 0.717) is 23.7 Å². The topological polar surface area (TPSA) is 152 Å². The Morgan fingerprint density at radius 2 is 1.03 bits per heavy atom. The SMILES string of the molecule is CC(=O)Cl.CC(=O)N(C)c1cc(Oc2ccc3c(c2)CC(C(=O)Nc2cccc(C(C)(C)C)c2)CC3)ccn1.CNc1cc(Oc2ccc3c(c2)CC(C(=O)Nc2cccc(C(C)(C)C)c2)CC3)ccn1. The Kier molecular flexibility index (Phi) is 17.8. The van der Waals surface area contributed by atoms with Crippen LogP contribution in [0.2, 0.25) is 0 Å². The predicted molar refractivity (Wildman–Crippen MR) is 285 cm³/mol. The van der Waals surface area contributed by atoms with Gasteiger partial charge in [-0.25, -0.2) is 9.97 Å². The number of anilines is 4. The Balaban J connectivity index is 0.000000217. The molecule has 6 aromatic rings. The van der Waals surface area contributed by atoms with Crippen molar-refractivity contribution in [2.75, 3.05) is 34.9 Å². The van der Waals surface area contributed by atoms with Crippen LogP contribution in [0.3, 0.4) is 0 Å². The smallest absolute Gasteiger partial charge is 0.227 e. The van der Waals surface area contributed by atoms with E-state index < -0.39 is 0 Å². The van der Waals surface area contributed by atoms with Crippen LogP contribution in [0.1, 0.15) is 102 Å². The molecule has 3 amide bonds. The molecule has 2 aliphatic carbocycles. The number of carbonyl (C=O) groups is 4. The summed E-state index contributed by atoms with van der Waals surface area (Å²) >= 11 is 4.64. The van der Waals surface area contributed by atoms with E-state index in [-0.39, 0.29) is 45.6 Å². The number of hydrogen-bond acceptors (Lipinski definition) is 9. The zero-order valence-corrected chi connectivity index (χ0v) is 43.4. The van der Waals surface area contributed by atoms with Crippen molar-refractivity contribution in [3.05, 3.63) is 155 Å². The molecular weight excluding hydrogens is 912 g/mol. The fourth-order valence-corrected chi connectivity index (χ4v) is 8.35. The molecule has 2 unspecified atom stereocenters. The van der Waals surface area contributed by atoms with Gasteiger partial charge in [0.1, 0.15) is 34.6 Å². The van der Waals surface area contributed by atoms with Crippen LogP contribution in [-0.2, 0) is 55.7 Å². The summed E-state index contributed by atoms with van der Waals surface area (Å²) in [5.74, 6) is 3.99. The number of benzene rings is 4. The third-order valence-electron chi connectivity index (χ3n) is 12.5. The summed E-state index contributed by atoms with van der Waals surface area (Å²) in [6.07, 6.45) is 8.16. The number of amides is 3. The van der Waals surface area contributed by atoms with Crippen molar-refractivity contribution in [1.29, 1.82) is 0 Å². The normalized spacial score (nSPS) is 14.9. The molecular formula is C58H67ClN6O6. The van der Waals surface area contributed by atoms with Crippen LogP contribution in [0, 0.1) is 11.8 Å². The molecule has 372 valence electrons. The molecule has 12 nitrogen and oxygen atoms in total. The summed E-state index contributed by atoms with van der Waals surface area (Å²) in [7, 11) is 3.51. The Hall–Kier alpha value is -7.05. The van der Waals surface area contributed by atoms with Gasteiger partial charge in [0.15, 0.2) is 0 Å². The highest BCUT2D eigenvalue weighted by Crippen LogP contribution is 2.35. The summed E-state index contributed by atoms with van der Waals surface area (Å²) in [5, 5.41) is 8.92. The van der Waals surface area contributed by atoms with Gasteiger partial charge >= 0.3 is 0 Å². The minimum atomic E-state index is -0.361. The standard InChI is InChI=1S/C29H33N3O3.C27H31N3O2.C2H3ClO/c1-19(33)32(5)27-18-26(13-14-30-27)35-25-12-11-20-9-10-21(15-22(20)16-25)28(34)31-24-8-6-7-23(17-24)29(2,3)4;1-27(2,3)21-6-5-7-22(16-21)30-26(31)19-9-8-18-10-11-23(15-20(18)14-19)32-24-12-13-29-25(17-24)28-4;1-2(3)4/h6-8,11-14,16-18,21H,9-10,15H2,1-5H3,(H,31,34);5-7,10-13,15-17,19H,8-9,14H2,1-4H3,(H,28,29)(H,30,31);1H3. The number of nitrogens with one attached hydrogen (secondary N) is 3. The highest BCUT2D eigenvalue weighted by molar-refractivity contribution is 6.62. The molecule has 0 spiro atoms. The number of halogens is 1. The molecule has 13 heteroatoms. The molecule has 0 bridgehead atoms. The lowest BCUT2D eigenvalue weighted by molar-refractivity contribution is -0.121.